The average Bonchev–Trinajstić information content (AvgIpc) is 3.26. The lowest BCUT2D eigenvalue weighted by Gasteiger charge is -2.35. The van der Waals surface area contributed by atoms with Gasteiger partial charge in [0.25, 0.3) is 11.5 Å². The fraction of sp³-hybridized carbons (Fsp3) is 0.350. The number of carbonyl (C=O) groups is 1. The third kappa shape index (κ3) is 3.85. The molecule has 0 saturated carbocycles. The third-order valence-corrected chi connectivity index (χ3v) is 5.08. The molecule has 8 heteroatoms. The maximum atomic E-state index is 13.1. The topological polar surface area (TPSA) is 96.8 Å². The molecule has 1 atom stereocenters. The predicted molar refractivity (Wildman–Crippen MR) is 104 cm³/mol. The van der Waals surface area contributed by atoms with Gasteiger partial charge in [-0.3, -0.25) is 19.3 Å². The normalized spacial score (nSPS) is 16.9. The molecule has 8 nitrogen and oxygen atoms in total. The van der Waals surface area contributed by atoms with Crippen LogP contribution in [0.3, 0.4) is 0 Å². The number of likely N-dealkylation sites (tertiary alicyclic amines) is 1. The lowest BCUT2D eigenvalue weighted by Crippen LogP contribution is -2.45. The van der Waals surface area contributed by atoms with Gasteiger partial charge in [-0.15, -0.1) is 0 Å². The molecule has 0 radical (unpaired) electrons. The summed E-state index contributed by atoms with van der Waals surface area (Å²) >= 11 is 0. The monoisotopic (exact) mass is 378 g/mol. The van der Waals surface area contributed by atoms with E-state index in [0.29, 0.717) is 18.1 Å². The Bertz CT molecular complexity index is 983. The Labute approximate surface area is 162 Å². The predicted octanol–water partition coefficient (Wildman–Crippen LogP) is 2.11. The molecule has 1 fully saturated rings. The van der Waals surface area contributed by atoms with Gasteiger partial charge < -0.3 is 9.88 Å². The van der Waals surface area contributed by atoms with Gasteiger partial charge in [0, 0.05) is 43.9 Å². The number of aromatic amines is 1. The van der Waals surface area contributed by atoms with E-state index in [1.807, 2.05) is 27.9 Å². The summed E-state index contributed by atoms with van der Waals surface area (Å²) in [7, 11) is 0. The van der Waals surface area contributed by atoms with E-state index >= 15 is 0 Å². The van der Waals surface area contributed by atoms with E-state index in [1.54, 1.807) is 24.5 Å². The molecule has 1 aliphatic heterocycles. The summed E-state index contributed by atoms with van der Waals surface area (Å²) in [5.74, 6) is 0.0995. The quantitative estimate of drug-likeness (QED) is 0.733. The largest absolute Gasteiger partial charge is 0.335 e. The number of hydrogen-bond acceptors (Lipinski definition) is 5. The molecule has 28 heavy (non-hydrogen) atoms. The zero-order valence-electron chi connectivity index (χ0n) is 15.5. The maximum Gasteiger partial charge on any atom is 0.264 e. The fourth-order valence-electron chi connectivity index (χ4n) is 3.62. The summed E-state index contributed by atoms with van der Waals surface area (Å²) in [5, 5.41) is 4.22. The van der Waals surface area contributed by atoms with Crippen LogP contribution in [0, 0.1) is 0 Å². The lowest BCUT2D eigenvalue weighted by atomic mass is 9.98. The van der Waals surface area contributed by atoms with Crippen LogP contribution in [0.2, 0.25) is 0 Å². The van der Waals surface area contributed by atoms with E-state index in [0.717, 1.165) is 32.2 Å². The minimum Gasteiger partial charge on any atom is -0.335 e. The molecule has 1 aliphatic rings. The number of hydrogen-bond donors (Lipinski definition) is 1. The number of H-pyrrole nitrogens is 1. The van der Waals surface area contributed by atoms with Crippen molar-refractivity contribution in [3.63, 3.8) is 0 Å². The summed E-state index contributed by atoms with van der Waals surface area (Å²) in [5.41, 5.74) is 0.205. The van der Waals surface area contributed by atoms with Crippen LogP contribution < -0.4 is 5.56 Å². The summed E-state index contributed by atoms with van der Waals surface area (Å²) in [6.07, 6.45) is 10.4. The fourth-order valence-corrected chi connectivity index (χ4v) is 3.62. The first-order chi connectivity index (χ1) is 13.7. The van der Waals surface area contributed by atoms with E-state index in [-0.39, 0.29) is 17.5 Å². The van der Waals surface area contributed by atoms with E-state index in [1.165, 1.54) is 6.20 Å². The van der Waals surface area contributed by atoms with Crippen molar-refractivity contribution in [1.82, 2.24) is 29.6 Å². The molecule has 144 valence electrons. The zero-order chi connectivity index (χ0) is 19.3. The molecule has 0 aromatic carbocycles. The van der Waals surface area contributed by atoms with Crippen LogP contribution in [0.25, 0.3) is 11.5 Å². The van der Waals surface area contributed by atoms with Gasteiger partial charge in [0.15, 0.2) is 5.82 Å². The van der Waals surface area contributed by atoms with E-state index in [4.69, 9.17) is 0 Å². The van der Waals surface area contributed by atoms with Gasteiger partial charge in [-0.1, -0.05) is 6.07 Å². The number of aromatic nitrogens is 5. The van der Waals surface area contributed by atoms with Crippen LogP contribution in [0.1, 0.15) is 36.0 Å². The molecular weight excluding hydrogens is 356 g/mol. The molecule has 1 saturated heterocycles. The minimum absolute atomic E-state index is 0.0747. The Balaban J connectivity index is 1.52. The summed E-state index contributed by atoms with van der Waals surface area (Å²) in [6.45, 7) is 1.40. The zero-order valence-corrected chi connectivity index (χ0v) is 15.5. The standard InChI is InChI=1S/C20H22N6O2/c27-19-16(14-22-18(24-19)17-7-1-3-9-21-17)20(28)26-12-4-2-6-15(26)8-13-25-11-5-10-23-25/h1,3,5,7,9-11,14-15H,2,4,6,8,12-13H2,(H,22,24,27)/t15-/m0/s1. The second-order valence-electron chi connectivity index (χ2n) is 6.90. The van der Waals surface area contributed by atoms with Crippen LogP contribution in [-0.2, 0) is 6.54 Å². The Morgan fingerprint density at radius 1 is 1.18 bits per heavy atom. The van der Waals surface area contributed by atoms with Crippen molar-refractivity contribution in [3.8, 4) is 11.5 Å². The highest BCUT2D eigenvalue weighted by Crippen LogP contribution is 2.22. The molecule has 1 amide bonds. The van der Waals surface area contributed by atoms with Crippen molar-refractivity contribution >= 4 is 5.91 Å². The second-order valence-corrected chi connectivity index (χ2v) is 6.90. The first-order valence-corrected chi connectivity index (χ1v) is 9.51. The molecule has 4 heterocycles. The van der Waals surface area contributed by atoms with E-state index in [2.05, 4.69) is 20.1 Å². The van der Waals surface area contributed by atoms with Gasteiger partial charge in [-0.25, -0.2) is 4.98 Å². The highest BCUT2D eigenvalue weighted by molar-refractivity contribution is 5.94. The third-order valence-electron chi connectivity index (χ3n) is 5.08. The van der Waals surface area contributed by atoms with Crippen molar-refractivity contribution in [2.24, 2.45) is 0 Å². The molecule has 3 aromatic heterocycles. The molecule has 0 aliphatic carbocycles. The second kappa shape index (κ2) is 8.16. The van der Waals surface area contributed by atoms with Gasteiger partial charge in [0.2, 0.25) is 0 Å². The number of pyridine rings is 1. The number of nitrogens with one attached hydrogen (secondary N) is 1. The van der Waals surface area contributed by atoms with Crippen molar-refractivity contribution < 1.29 is 4.79 Å². The summed E-state index contributed by atoms with van der Waals surface area (Å²) in [4.78, 5) is 38.6. The van der Waals surface area contributed by atoms with Gasteiger partial charge >= 0.3 is 0 Å². The molecule has 4 rings (SSSR count). The van der Waals surface area contributed by atoms with Gasteiger partial charge in [-0.05, 0) is 43.9 Å². The molecule has 0 unspecified atom stereocenters. The highest BCUT2D eigenvalue weighted by atomic mass is 16.2. The smallest absolute Gasteiger partial charge is 0.264 e. The number of aryl methyl sites for hydroxylation is 1. The average molecular weight is 378 g/mol. The number of nitrogens with zero attached hydrogens (tertiary/aromatic N) is 5. The van der Waals surface area contributed by atoms with Crippen LogP contribution in [-0.4, -0.2) is 48.1 Å². The summed E-state index contributed by atoms with van der Waals surface area (Å²) < 4.78 is 1.87. The van der Waals surface area contributed by atoms with Gasteiger partial charge in [0.05, 0.1) is 0 Å². The van der Waals surface area contributed by atoms with Gasteiger partial charge in [0.1, 0.15) is 11.3 Å². The summed E-state index contributed by atoms with van der Waals surface area (Å²) in [6, 6.07) is 7.35. The maximum absolute atomic E-state index is 13.1. The number of carbonyl (C=O) groups excluding carboxylic acids is 1. The molecule has 1 N–H and O–H groups in total. The van der Waals surface area contributed by atoms with Crippen molar-refractivity contribution in [3.05, 3.63) is 65.0 Å². The molecule has 3 aromatic rings. The van der Waals surface area contributed by atoms with Crippen LogP contribution in [0.5, 0.6) is 0 Å². The number of amides is 1. The number of rotatable bonds is 5. The van der Waals surface area contributed by atoms with E-state index < -0.39 is 5.56 Å². The number of piperidine rings is 1. The van der Waals surface area contributed by atoms with Crippen LogP contribution >= 0.6 is 0 Å². The first-order valence-electron chi connectivity index (χ1n) is 9.51. The Kier molecular flexibility index (Phi) is 5.27. The van der Waals surface area contributed by atoms with Crippen LogP contribution in [0.15, 0.2) is 53.8 Å². The van der Waals surface area contributed by atoms with Crippen molar-refractivity contribution in [2.75, 3.05) is 6.54 Å². The lowest BCUT2D eigenvalue weighted by molar-refractivity contribution is 0.0591. The highest BCUT2D eigenvalue weighted by Gasteiger charge is 2.29. The minimum atomic E-state index is -0.433. The molecular formula is C20H22N6O2. The van der Waals surface area contributed by atoms with Gasteiger partial charge in [-0.2, -0.15) is 5.10 Å². The molecule has 0 bridgehead atoms. The SMILES string of the molecule is O=C(c1cnc(-c2ccccn2)[nH]c1=O)N1CCCC[C@H]1CCn1cccn1. The van der Waals surface area contributed by atoms with Crippen molar-refractivity contribution in [1.29, 1.82) is 0 Å². The Hall–Kier alpha value is -3.29. The van der Waals surface area contributed by atoms with E-state index in [9.17, 15) is 9.59 Å². The Morgan fingerprint density at radius 3 is 2.86 bits per heavy atom. The first kappa shape index (κ1) is 18.1. The van der Waals surface area contributed by atoms with Crippen LogP contribution in [0.4, 0.5) is 0 Å². The molecule has 0 spiro atoms. The Morgan fingerprint density at radius 2 is 2.11 bits per heavy atom. The van der Waals surface area contributed by atoms with Crippen molar-refractivity contribution in [2.45, 2.75) is 38.3 Å².